The lowest BCUT2D eigenvalue weighted by Gasteiger charge is -2.42. The zero-order valence-corrected chi connectivity index (χ0v) is 25.6. The Hall–Kier alpha value is -3.30. The Bertz CT molecular complexity index is 1140. The van der Waals surface area contributed by atoms with Gasteiger partial charge in [-0.3, -0.25) is 14.4 Å². The summed E-state index contributed by atoms with van der Waals surface area (Å²) in [6, 6.07) is 3.29. The van der Waals surface area contributed by atoms with E-state index in [4.69, 9.17) is 9.47 Å². The van der Waals surface area contributed by atoms with Crippen LogP contribution in [-0.4, -0.2) is 83.1 Å². The Morgan fingerprint density at radius 1 is 1.23 bits per heavy atom. The molecule has 10 heteroatoms. The summed E-state index contributed by atoms with van der Waals surface area (Å²) in [5.74, 6) is 0.0650. The van der Waals surface area contributed by atoms with E-state index in [0.717, 1.165) is 18.4 Å². The number of anilines is 1. The van der Waals surface area contributed by atoms with Crippen LogP contribution in [0.1, 0.15) is 90.6 Å². The minimum Gasteiger partial charge on any atom is -0.476 e. The van der Waals surface area contributed by atoms with Crippen LogP contribution in [0.25, 0.3) is 0 Å². The largest absolute Gasteiger partial charge is 0.476 e. The van der Waals surface area contributed by atoms with Gasteiger partial charge in [-0.25, -0.2) is 4.79 Å². The summed E-state index contributed by atoms with van der Waals surface area (Å²) < 4.78 is 11.7. The Labute approximate surface area is 238 Å². The number of piperidine rings is 1. The highest BCUT2D eigenvalue weighted by Gasteiger charge is 2.42. The third-order valence-electron chi connectivity index (χ3n) is 7.12. The zero-order chi connectivity index (χ0) is 30.0. The van der Waals surface area contributed by atoms with E-state index in [1.807, 2.05) is 52.5 Å². The number of fused-ring (bicyclic) bond motifs is 1. The molecule has 1 saturated heterocycles. The number of benzene rings is 1. The number of hydrogen-bond donors (Lipinski definition) is 1. The van der Waals surface area contributed by atoms with E-state index in [1.54, 1.807) is 29.7 Å². The molecule has 2 heterocycles. The van der Waals surface area contributed by atoms with E-state index < -0.39 is 11.2 Å². The first-order chi connectivity index (χ1) is 18.5. The molecule has 1 atom stereocenters. The molecule has 222 valence electrons. The average Bonchev–Trinajstić information content (AvgIpc) is 2.82. The normalized spacial score (nSPS) is 18.6. The summed E-state index contributed by atoms with van der Waals surface area (Å²) in [6.07, 6.45) is 1.73. The molecule has 0 unspecified atom stereocenters. The summed E-state index contributed by atoms with van der Waals surface area (Å²) in [5.41, 5.74) is 0.127. The number of carbonyl (C=O) groups excluding carboxylic acids is 4. The standard InChI is InChI=1S/C30H46N4O6/c1-19(2)34(22-12-10-14-32(18-22)28(38)40-29(5,6)7)26(36)23-17-24-25(16-20(23)3)39-30(8,9)27(37)33(24)15-11-13-31-21(4)35/h16-17,19,22H,10-15,18H2,1-9H3,(H,31,35)/t22-/m1/s1. The van der Waals surface area contributed by atoms with Crippen molar-refractivity contribution in [2.24, 2.45) is 0 Å². The van der Waals surface area contributed by atoms with Gasteiger partial charge in [-0.05, 0) is 92.3 Å². The molecule has 2 aliphatic heterocycles. The van der Waals surface area contributed by atoms with Crippen molar-refractivity contribution in [2.75, 3.05) is 31.1 Å². The van der Waals surface area contributed by atoms with Crippen molar-refractivity contribution < 1.29 is 28.7 Å². The smallest absolute Gasteiger partial charge is 0.410 e. The SMILES string of the molecule is CC(=O)NCCCN1C(=O)C(C)(C)Oc2cc(C)c(C(=O)N(C(C)C)[C@@H]3CCCN(C(=O)OC(C)(C)C)C3)cc21. The van der Waals surface area contributed by atoms with Gasteiger partial charge in [0.25, 0.3) is 11.8 Å². The maximum Gasteiger partial charge on any atom is 0.410 e. The van der Waals surface area contributed by atoms with Crippen LogP contribution in [-0.2, 0) is 14.3 Å². The molecule has 4 amide bonds. The highest BCUT2D eigenvalue weighted by Crippen LogP contribution is 2.40. The van der Waals surface area contributed by atoms with E-state index >= 15 is 0 Å². The molecule has 0 bridgehead atoms. The lowest BCUT2D eigenvalue weighted by molar-refractivity contribution is -0.132. The number of likely N-dealkylation sites (tertiary alicyclic amines) is 1. The fraction of sp³-hybridized carbons (Fsp3) is 0.667. The fourth-order valence-electron chi connectivity index (χ4n) is 5.30. The average molecular weight is 559 g/mol. The van der Waals surface area contributed by atoms with E-state index in [9.17, 15) is 19.2 Å². The van der Waals surface area contributed by atoms with Crippen molar-refractivity contribution >= 4 is 29.5 Å². The second-order valence-electron chi connectivity index (χ2n) is 12.6. The Balaban J connectivity index is 1.91. The summed E-state index contributed by atoms with van der Waals surface area (Å²) in [4.78, 5) is 56.8. The molecular weight excluding hydrogens is 512 g/mol. The summed E-state index contributed by atoms with van der Waals surface area (Å²) in [7, 11) is 0. The van der Waals surface area contributed by atoms with Crippen LogP contribution in [0, 0.1) is 6.92 Å². The lowest BCUT2D eigenvalue weighted by Crippen LogP contribution is -2.55. The molecule has 1 fully saturated rings. The van der Waals surface area contributed by atoms with Crippen LogP contribution in [0.4, 0.5) is 10.5 Å². The number of nitrogens with zero attached hydrogens (tertiary/aromatic N) is 3. The monoisotopic (exact) mass is 558 g/mol. The zero-order valence-electron chi connectivity index (χ0n) is 25.6. The highest BCUT2D eigenvalue weighted by atomic mass is 16.6. The molecule has 0 radical (unpaired) electrons. The van der Waals surface area contributed by atoms with Gasteiger partial charge < -0.3 is 29.5 Å². The molecule has 1 aromatic carbocycles. The molecule has 3 rings (SSSR count). The molecule has 0 saturated carbocycles. The number of carbonyl (C=O) groups is 4. The molecule has 1 aromatic rings. The van der Waals surface area contributed by atoms with Crippen LogP contribution >= 0.6 is 0 Å². The Morgan fingerprint density at radius 3 is 2.50 bits per heavy atom. The minimum atomic E-state index is -1.06. The molecule has 2 aliphatic rings. The van der Waals surface area contributed by atoms with Crippen molar-refractivity contribution in [3.63, 3.8) is 0 Å². The van der Waals surface area contributed by atoms with Gasteiger partial charge in [0.05, 0.1) is 11.7 Å². The maximum atomic E-state index is 14.1. The Morgan fingerprint density at radius 2 is 1.90 bits per heavy atom. The maximum absolute atomic E-state index is 14.1. The molecule has 10 nitrogen and oxygen atoms in total. The van der Waals surface area contributed by atoms with Crippen molar-refractivity contribution in [2.45, 2.75) is 105 Å². The lowest BCUT2D eigenvalue weighted by atomic mass is 9.97. The number of amides is 4. The first kappa shape index (κ1) is 31.2. The van der Waals surface area contributed by atoms with Crippen LogP contribution in [0.5, 0.6) is 5.75 Å². The topological polar surface area (TPSA) is 108 Å². The van der Waals surface area contributed by atoms with Crippen LogP contribution in [0.3, 0.4) is 0 Å². The number of rotatable bonds is 7. The molecule has 1 N–H and O–H groups in total. The van der Waals surface area contributed by atoms with Gasteiger partial charge in [0.1, 0.15) is 11.4 Å². The highest BCUT2D eigenvalue weighted by molar-refractivity contribution is 6.05. The van der Waals surface area contributed by atoms with E-state index in [2.05, 4.69) is 5.32 Å². The van der Waals surface area contributed by atoms with Gasteiger partial charge >= 0.3 is 6.09 Å². The molecule has 0 aliphatic carbocycles. The van der Waals surface area contributed by atoms with E-state index in [0.29, 0.717) is 49.6 Å². The second kappa shape index (κ2) is 12.1. The second-order valence-corrected chi connectivity index (χ2v) is 12.6. The summed E-state index contributed by atoms with van der Waals surface area (Å²) >= 11 is 0. The van der Waals surface area contributed by atoms with Gasteiger partial charge in [0, 0.05) is 44.7 Å². The first-order valence-corrected chi connectivity index (χ1v) is 14.2. The van der Waals surface area contributed by atoms with E-state index in [1.165, 1.54) is 6.92 Å². The number of nitrogens with one attached hydrogen (secondary N) is 1. The predicted octanol–water partition coefficient (Wildman–Crippen LogP) is 4.28. The Kier molecular flexibility index (Phi) is 9.42. The molecule has 0 spiro atoms. The van der Waals surface area contributed by atoms with Crippen molar-refractivity contribution in [1.82, 2.24) is 15.1 Å². The van der Waals surface area contributed by atoms with Gasteiger partial charge in [0.15, 0.2) is 5.60 Å². The van der Waals surface area contributed by atoms with Crippen LogP contribution < -0.4 is 15.0 Å². The van der Waals surface area contributed by atoms with Crippen molar-refractivity contribution in [3.05, 3.63) is 23.3 Å². The predicted molar refractivity (Wildman–Crippen MR) is 154 cm³/mol. The number of hydrogen-bond acceptors (Lipinski definition) is 6. The molecule has 0 aromatic heterocycles. The van der Waals surface area contributed by atoms with Gasteiger partial charge in [-0.2, -0.15) is 0 Å². The van der Waals surface area contributed by atoms with Crippen molar-refractivity contribution in [1.29, 1.82) is 0 Å². The quantitative estimate of drug-likeness (QED) is 0.501. The van der Waals surface area contributed by atoms with Crippen LogP contribution in [0.2, 0.25) is 0 Å². The third-order valence-corrected chi connectivity index (χ3v) is 7.12. The van der Waals surface area contributed by atoms with Crippen molar-refractivity contribution in [3.8, 4) is 5.75 Å². The van der Waals surface area contributed by atoms with Gasteiger partial charge in [-0.15, -0.1) is 0 Å². The number of aryl methyl sites for hydroxylation is 1. The molecule has 40 heavy (non-hydrogen) atoms. The molecular formula is C30H46N4O6. The summed E-state index contributed by atoms with van der Waals surface area (Å²) in [5, 5.41) is 2.77. The summed E-state index contributed by atoms with van der Waals surface area (Å²) in [6.45, 7) is 18.0. The van der Waals surface area contributed by atoms with E-state index in [-0.39, 0.29) is 35.9 Å². The van der Waals surface area contributed by atoms with Gasteiger partial charge in [-0.1, -0.05) is 0 Å². The minimum absolute atomic E-state index is 0.114. The third kappa shape index (κ3) is 7.26. The fourth-order valence-corrected chi connectivity index (χ4v) is 5.30. The van der Waals surface area contributed by atoms with Gasteiger partial charge in [0.2, 0.25) is 5.91 Å². The first-order valence-electron chi connectivity index (χ1n) is 14.2. The van der Waals surface area contributed by atoms with Crippen LogP contribution in [0.15, 0.2) is 12.1 Å². The number of ether oxygens (including phenoxy) is 2.